The number of carbonyl (C=O) groups excluding carboxylic acids is 2. The Balaban J connectivity index is 2.85. The number of carbonyl (C=O) groups is 2. The molecular formula is C12H20ClNO3. The Kier molecular flexibility index (Phi) is 4.42. The molecule has 5 heteroatoms. The van der Waals surface area contributed by atoms with E-state index < -0.39 is 17.2 Å². The molecule has 0 aromatic heterocycles. The van der Waals surface area contributed by atoms with Crippen LogP contribution in [0.2, 0.25) is 0 Å². The van der Waals surface area contributed by atoms with Gasteiger partial charge in [-0.3, -0.25) is 4.90 Å². The largest absolute Gasteiger partial charge is 0.444 e. The molecular weight excluding hydrogens is 242 g/mol. The molecule has 1 rings (SSSR count). The molecule has 0 aromatic carbocycles. The smallest absolute Gasteiger partial charge is 0.411 e. The van der Waals surface area contributed by atoms with Crippen molar-refractivity contribution < 1.29 is 14.3 Å². The van der Waals surface area contributed by atoms with Gasteiger partial charge in [0.2, 0.25) is 0 Å². The summed E-state index contributed by atoms with van der Waals surface area (Å²) in [5.41, 5.74) is -1.45. The van der Waals surface area contributed by atoms with Crippen LogP contribution in [0.1, 0.15) is 40.0 Å². The number of likely N-dealkylation sites (tertiary alicyclic amines) is 1. The van der Waals surface area contributed by atoms with Gasteiger partial charge in [0.1, 0.15) is 17.4 Å². The lowest BCUT2D eigenvalue weighted by atomic mass is 9.90. The summed E-state index contributed by atoms with van der Waals surface area (Å²) in [6.45, 7) is 5.94. The van der Waals surface area contributed by atoms with E-state index in [1.807, 2.05) is 0 Å². The maximum atomic E-state index is 12.0. The summed E-state index contributed by atoms with van der Waals surface area (Å²) < 4.78 is 5.31. The van der Waals surface area contributed by atoms with E-state index in [0.29, 0.717) is 13.0 Å². The summed E-state index contributed by atoms with van der Waals surface area (Å²) in [6, 6.07) is 0. The molecule has 0 radical (unpaired) electrons. The van der Waals surface area contributed by atoms with Gasteiger partial charge in [-0.05, 0) is 40.0 Å². The van der Waals surface area contributed by atoms with Crippen LogP contribution in [-0.2, 0) is 9.53 Å². The first kappa shape index (κ1) is 14.3. The topological polar surface area (TPSA) is 46.6 Å². The second-order valence-corrected chi connectivity index (χ2v) is 5.71. The molecule has 0 spiro atoms. The van der Waals surface area contributed by atoms with Gasteiger partial charge in [-0.25, -0.2) is 4.79 Å². The van der Waals surface area contributed by atoms with E-state index in [-0.39, 0.29) is 5.88 Å². The van der Waals surface area contributed by atoms with E-state index in [1.165, 1.54) is 4.90 Å². The molecule has 1 atom stereocenters. The minimum atomic E-state index is -0.887. The van der Waals surface area contributed by atoms with Crippen LogP contribution in [0.25, 0.3) is 0 Å². The summed E-state index contributed by atoms with van der Waals surface area (Å²) in [5, 5.41) is 0. The van der Waals surface area contributed by atoms with Gasteiger partial charge in [0.25, 0.3) is 0 Å². The Morgan fingerprint density at radius 2 is 2.12 bits per heavy atom. The summed E-state index contributed by atoms with van der Waals surface area (Å²) in [4.78, 5) is 24.8. The van der Waals surface area contributed by atoms with Crippen molar-refractivity contribution in [1.82, 2.24) is 4.90 Å². The average molecular weight is 262 g/mol. The fourth-order valence-electron chi connectivity index (χ4n) is 1.94. The molecule has 1 saturated heterocycles. The first-order chi connectivity index (χ1) is 7.84. The number of ether oxygens (including phenoxy) is 1. The van der Waals surface area contributed by atoms with Crippen LogP contribution in [-0.4, -0.2) is 40.8 Å². The number of hydrogen-bond acceptors (Lipinski definition) is 3. The van der Waals surface area contributed by atoms with Crippen molar-refractivity contribution in [2.45, 2.75) is 51.2 Å². The molecule has 1 aliphatic heterocycles. The number of hydrogen-bond donors (Lipinski definition) is 0. The molecule has 0 aliphatic carbocycles. The number of piperidine rings is 1. The van der Waals surface area contributed by atoms with E-state index in [4.69, 9.17) is 16.3 Å². The van der Waals surface area contributed by atoms with Gasteiger partial charge < -0.3 is 9.53 Å². The number of nitrogens with zero attached hydrogens (tertiary/aromatic N) is 1. The lowest BCUT2D eigenvalue weighted by molar-refractivity contribution is -0.119. The molecule has 0 bridgehead atoms. The molecule has 98 valence electrons. The van der Waals surface area contributed by atoms with Crippen LogP contribution in [0.5, 0.6) is 0 Å². The van der Waals surface area contributed by atoms with Crippen LogP contribution in [0.3, 0.4) is 0 Å². The average Bonchev–Trinajstić information content (AvgIpc) is 2.26. The standard InChI is InChI=1S/C12H20ClNO3/c1-11(2,3)17-10(16)14-7-5-4-6-12(14,8-13)9-15/h9H,4-8H2,1-3H3. The van der Waals surface area contributed by atoms with Crippen LogP contribution in [0.4, 0.5) is 4.79 Å². The maximum absolute atomic E-state index is 12.0. The Labute approximate surface area is 107 Å². The molecule has 4 nitrogen and oxygen atoms in total. The highest BCUT2D eigenvalue weighted by Crippen LogP contribution is 2.29. The Morgan fingerprint density at radius 3 is 2.59 bits per heavy atom. The van der Waals surface area contributed by atoms with Crippen LogP contribution < -0.4 is 0 Å². The van der Waals surface area contributed by atoms with E-state index in [9.17, 15) is 9.59 Å². The van der Waals surface area contributed by atoms with Crippen LogP contribution in [0, 0.1) is 0 Å². The molecule has 17 heavy (non-hydrogen) atoms. The molecule has 1 fully saturated rings. The van der Waals surface area contributed by atoms with Gasteiger partial charge in [0, 0.05) is 6.54 Å². The third-order valence-electron chi connectivity index (χ3n) is 2.84. The molecule has 1 heterocycles. The second kappa shape index (κ2) is 5.25. The third kappa shape index (κ3) is 3.35. The zero-order valence-corrected chi connectivity index (χ0v) is 11.4. The van der Waals surface area contributed by atoms with E-state index in [0.717, 1.165) is 19.1 Å². The minimum Gasteiger partial charge on any atom is -0.444 e. The van der Waals surface area contributed by atoms with Gasteiger partial charge in [-0.2, -0.15) is 0 Å². The van der Waals surface area contributed by atoms with Crippen molar-refractivity contribution in [2.75, 3.05) is 12.4 Å². The first-order valence-electron chi connectivity index (χ1n) is 5.87. The normalized spacial score (nSPS) is 25.5. The van der Waals surface area contributed by atoms with Gasteiger partial charge in [-0.15, -0.1) is 11.6 Å². The number of alkyl halides is 1. The predicted molar refractivity (Wildman–Crippen MR) is 66.3 cm³/mol. The second-order valence-electron chi connectivity index (χ2n) is 5.44. The zero-order chi connectivity index (χ0) is 13.1. The van der Waals surface area contributed by atoms with Crippen molar-refractivity contribution >= 4 is 24.0 Å². The van der Waals surface area contributed by atoms with Crippen LogP contribution >= 0.6 is 11.6 Å². The number of halogens is 1. The highest BCUT2D eigenvalue weighted by atomic mass is 35.5. The van der Waals surface area contributed by atoms with Crippen molar-refractivity contribution in [3.63, 3.8) is 0 Å². The minimum absolute atomic E-state index is 0.121. The number of aldehydes is 1. The monoisotopic (exact) mass is 261 g/mol. The molecule has 0 N–H and O–H groups in total. The third-order valence-corrected chi connectivity index (χ3v) is 3.31. The lowest BCUT2D eigenvalue weighted by Gasteiger charge is -2.42. The van der Waals surface area contributed by atoms with Gasteiger partial charge in [0.15, 0.2) is 0 Å². The van der Waals surface area contributed by atoms with Gasteiger partial charge in [-0.1, -0.05) is 0 Å². The fraction of sp³-hybridized carbons (Fsp3) is 0.833. The highest BCUT2D eigenvalue weighted by molar-refractivity contribution is 6.20. The molecule has 1 aliphatic rings. The van der Waals surface area contributed by atoms with Gasteiger partial charge >= 0.3 is 6.09 Å². The quantitative estimate of drug-likeness (QED) is 0.567. The molecule has 0 saturated carbocycles. The molecule has 1 amide bonds. The first-order valence-corrected chi connectivity index (χ1v) is 6.41. The van der Waals surface area contributed by atoms with Crippen molar-refractivity contribution in [1.29, 1.82) is 0 Å². The predicted octanol–water partition coefficient (Wildman–Crippen LogP) is 2.58. The summed E-state index contributed by atoms with van der Waals surface area (Å²) in [7, 11) is 0. The van der Waals surface area contributed by atoms with Crippen molar-refractivity contribution in [3.05, 3.63) is 0 Å². The fourth-order valence-corrected chi connectivity index (χ4v) is 2.28. The maximum Gasteiger partial charge on any atom is 0.411 e. The zero-order valence-electron chi connectivity index (χ0n) is 10.7. The Morgan fingerprint density at radius 1 is 1.47 bits per heavy atom. The Bertz CT molecular complexity index is 301. The lowest BCUT2D eigenvalue weighted by Crippen LogP contribution is -2.58. The highest BCUT2D eigenvalue weighted by Gasteiger charge is 2.42. The molecule has 1 unspecified atom stereocenters. The SMILES string of the molecule is CC(C)(C)OC(=O)N1CCCCC1(C=O)CCl. The van der Waals surface area contributed by atoms with Crippen LogP contribution in [0.15, 0.2) is 0 Å². The summed E-state index contributed by atoms with van der Waals surface area (Å²) in [6.07, 6.45) is 2.73. The molecule has 0 aromatic rings. The number of amides is 1. The summed E-state index contributed by atoms with van der Waals surface area (Å²) >= 11 is 5.87. The van der Waals surface area contributed by atoms with Crippen molar-refractivity contribution in [3.8, 4) is 0 Å². The van der Waals surface area contributed by atoms with E-state index in [2.05, 4.69) is 0 Å². The van der Waals surface area contributed by atoms with Gasteiger partial charge in [0.05, 0.1) is 5.88 Å². The van der Waals surface area contributed by atoms with Crippen molar-refractivity contribution in [2.24, 2.45) is 0 Å². The van der Waals surface area contributed by atoms with E-state index in [1.54, 1.807) is 20.8 Å². The van der Waals surface area contributed by atoms with E-state index >= 15 is 0 Å². The number of rotatable bonds is 2. The summed E-state index contributed by atoms with van der Waals surface area (Å²) in [5.74, 6) is 0.121. The Hall–Kier alpha value is -0.770.